The lowest BCUT2D eigenvalue weighted by Gasteiger charge is -2.35. The summed E-state index contributed by atoms with van der Waals surface area (Å²) in [6, 6.07) is 0.560. The highest BCUT2D eigenvalue weighted by atomic mass is 16.6. The molecule has 0 aromatic heterocycles. The summed E-state index contributed by atoms with van der Waals surface area (Å²) in [6.45, 7) is 9.66. The van der Waals surface area contributed by atoms with Crippen LogP contribution in [0.25, 0.3) is 0 Å². The van der Waals surface area contributed by atoms with E-state index in [4.69, 9.17) is 4.74 Å². The van der Waals surface area contributed by atoms with E-state index >= 15 is 0 Å². The van der Waals surface area contributed by atoms with Gasteiger partial charge in [0.1, 0.15) is 5.60 Å². The molecule has 4 heteroatoms. The number of nitrogens with zero attached hydrogens (tertiary/aromatic N) is 1. The molecule has 1 N–H and O–H groups in total. The summed E-state index contributed by atoms with van der Waals surface area (Å²) in [5.41, 5.74) is -0.413. The second-order valence-corrected chi connectivity index (χ2v) is 5.69. The number of amides is 1. The molecule has 1 amide bonds. The summed E-state index contributed by atoms with van der Waals surface area (Å²) in [5, 5.41) is 3.36. The van der Waals surface area contributed by atoms with Crippen molar-refractivity contribution in [3.8, 4) is 0 Å². The fraction of sp³-hybridized carbons (Fsp3) is 0.917. The van der Waals surface area contributed by atoms with Crippen molar-refractivity contribution in [1.29, 1.82) is 0 Å². The summed E-state index contributed by atoms with van der Waals surface area (Å²) in [5.74, 6) is 0.478. The minimum atomic E-state index is -0.413. The summed E-state index contributed by atoms with van der Waals surface area (Å²) < 4.78 is 5.30. The first kappa shape index (κ1) is 13.3. The minimum absolute atomic E-state index is 0.237. The predicted octanol–water partition coefficient (Wildman–Crippen LogP) is 1.85. The number of hydrogen-bond donors (Lipinski definition) is 1. The Bertz CT molecular complexity index is 244. The molecule has 0 aliphatic carbocycles. The van der Waals surface area contributed by atoms with Crippen molar-refractivity contribution in [3.63, 3.8) is 0 Å². The van der Waals surface area contributed by atoms with Crippen LogP contribution in [0.2, 0.25) is 0 Å². The van der Waals surface area contributed by atoms with Gasteiger partial charge >= 0.3 is 6.09 Å². The van der Waals surface area contributed by atoms with Gasteiger partial charge in [-0.05, 0) is 39.7 Å². The van der Waals surface area contributed by atoms with E-state index < -0.39 is 5.60 Å². The zero-order valence-corrected chi connectivity index (χ0v) is 11.0. The molecule has 0 saturated carbocycles. The monoisotopic (exact) mass is 228 g/mol. The van der Waals surface area contributed by atoms with Gasteiger partial charge in [-0.15, -0.1) is 0 Å². The molecule has 2 atom stereocenters. The Labute approximate surface area is 98.3 Å². The first-order valence-electron chi connectivity index (χ1n) is 5.97. The van der Waals surface area contributed by atoms with Crippen LogP contribution in [0.1, 0.15) is 34.1 Å². The number of ether oxygens (including phenoxy) is 1. The average Bonchev–Trinajstić information content (AvgIpc) is 1.96. The van der Waals surface area contributed by atoms with Crippen molar-refractivity contribution >= 4 is 6.09 Å². The van der Waals surface area contributed by atoms with Gasteiger partial charge < -0.3 is 15.0 Å². The standard InChI is InChI=1S/C12H24N2O2/c1-9(10-6-7-13-10)8-14(5)11(15)16-12(2,3)4/h9-10,13H,6-8H2,1-5H3. The molecule has 1 aliphatic heterocycles. The van der Waals surface area contributed by atoms with Crippen molar-refractivity contribution in [1.82, 2.24) is 10.2 Å². The average molecular weight is 228 g/mol. The molecule has 0 bridgehead atoms. The maximum Gasteiger partial charge on any atom is 0.410 e. The van der Waals surface area contributed by atoms with Crippen LogP contribution in [-0.2, 0) is 4.74 Å². The van der Waals surface area contributed by atoms with E-state index in [-0.39, 0.29) is 6.09 Å². The minimum Gasteiger partial charge on any atom is -0.444 e. The fourth-order valence-corrected chi connectivity index (χ4v) is 1.77. The second kappa shape index (κ2) is 5.04. The van der Waals surface area contributed by atoms with Crippen molar-refractivity contribution in [2.45, 2.75) is 45.8 Å². The van der Waals surface area contributed by atoms with Gasteiger partial charge in [-0.3, -0.25) is 0 Å². The lowest BCUT2D eigenvalue weighted by atomic mass is 9.93. The fourth-order valence-electron chi connectivity index (χ4n) is 1.77. The van der Waals surface area contributed by atoms with E-state index in [1.165, 1.54) is 6.42 Å². The largest absolute Gasteiger partial charge is 0.444 e. The highest BCUT2D eigenvalue weighted by Gasteiger charge is 2.26. The van der Waals surface area contributed by atoms with E-state index in [0.717, 1.165) is 13.1 Å². The molecule has 1 rings (SSSR count). The van der Waals surface area contributed by atoms with Gasteiger partial charge in [0.05, 0.1) is 0 Å². The predicted molar refractivity (Wildman–Crippen MR) is 64.4 cm³/mol. The van der Waals surface area contributed by atoms with E-state index in [0.29, 0.717) is 12.0 Å². The lowest BCUT2D eigenvalue weighted by molar-refractivity contribution is 0.0259. The third kappa shape index (κ3) is 4.00. The summed E-state index contributed by atoms with van der Waals surface area (Å²) >= 11 is 0. The molecule has 2 unspecified atom stereocenters. The first-order valence-corrected chi connectivity index (χ1v) is 5.97. The molecular weight excluding hydrogens is 204 g/mol. The first-order chi connectivity index (χ1) is 7.29. The maximum atomic E-state index is 11.7. The molecule has 94 valence electrons. The molecule has 0 spiro atoms. The van der Waals surface area contributed by atoms with Crippen LogP contribution in [0, 0.1) is 5.92 Å². The number of carbonyl (C=O) groups is 1. The number of hydrogen-bond acceptors (Lipinski definition) is 3. The van der Waals surface area contributed by atoms with E-state index in [2.05, 4.69) is 12.2 Å². The van der Waals surface area contributed by atoms with Crippen LogP contribution in [0.3, 0.4) is 0 Å². The Balaban J connectivity index is 2.33. The molecule has 16 heavy (non-hydrogen) atoms. The van der Waals surface area contributed by atoms with Crippen molar-refractivity contribution in [3.05, 3.63) is 0 Å². The molecule has 1 fully saturated rings. The van der Waals surface area contributed by atoms with E-state index in [1.807, 2.05) is 20.8 Å². The van der Waals surface area contributed by atoms with Gasteiger partial charge in [0.2, 0.25) is 0 Å². The van der Waals surface area contributed by atoms with Crippen molar-refractivity contribution < 1.29 is 9.53 Å². The second-order valence-electron chi connectivity index (χ2n) is 5.69. The van der Waals surface area contributed by atoms with Crippen LogP contribution in [0.15, 0.2) is 0 Å². The van der Waals surface area contributed by atoms with Gasteiger partial charge in [0.15, 0.2) is 0 Å². The van der Waals surface area contributed by atoms with Crippen LogP contribution in [0.4, 0.5) is 4.79 Å². The molecule has 1 saturated heterocycles. The molecule has 0 aromatic rings. The maximum absolute atomic E-state index is 11.7. The third-order valence-electron chi connectivity index (χ3n) is 2.82. The van der Waals surface area contributed by atoms with Crippen molar-refractivity contribution in [2.75, 3.05) is 20.1 Å². The van der Waals surface area contributed by atoms with E-state index in [9.17, 15) is 4.79 Å². The van der Waals surface area contributed by atoms with Gasteiger partial charge in [-0.25, -0.2) is 4.79 Å². The number of carbonyl (C=O) groups excluding carboxylic acids is 1. The van der Waals surface area contributed by atoms with Gasteiger partial charge in [0, 0.05) is 19.6 Å². The number of rotatable bonds is 3. The van der Waals surface area contributed by atoms with Crippen LogP contribution >= 0.6 is 0 Å². The summed E-state index contributed by atoms with van der Waals surface area (Å²) in [4.78, 5) is 13.4. The van der Waals surface area contributed by atoms with Gasteiger partial charge in [0.25, 0.3) is 0 Å². The summed E-state index contributed by atoms with van der Waals surface area (Å²) in [7, 11) is 1.79. The Morgan fingerprint density at radius 1 is 1.56 bits per heavy atom. The molecular formula is C12H24N2O2. The Morgan fingerprint density at radius 2 is 2.12 bits per heavy atom. The Hall–Kier alpha value is -0.770. The smallest absolute Gasteiger partial charge is 0.410 e. The Morgan fingerprint density at radius 3 is 2.50 bits per heavy atom. The van der Waals surface area contributed by atoms with Gasteiger partial charge in [-0.1, -0.05) is 6.92 Å². The molecule has 4 nitrogen and oxygen atoms in total. The van der Waals surface area contributed by atoms with Crippen molar-refractivity contribution in [2.24, 2.45) is 5.92 Å². The quantitative estimate of drug-likeness (QED) is 0.801. The zero-order valence-electron chi connectivity index (χ0n) is 11.0. The topological polar surface area (TPSA) is 41.6 Å². The van der Waals surface area contributed by atoms with Crippen LogP contribution < -0.4 is 5.32 Å². The SMILES string of the molecule is CC(CN(C)C(=O)OC(C)(C)C)C1CCN1. The molecule has 0 radical (unpaired) electrons. The molecule has 0 aromatic carbocycles. The Kier molecular flexibility index (Phi) is 4.19. The zero-order chi connectivity index (χ0) is 12.3. The summed E-state index contributed by atoms with van der Waals surface area (Å²) in [6.07, 6.45) is 0.974. The van der Waals surface area contributed by atoms with Gasteiger partial charge in [-0.2, -0.15) is 0 Å². The third-order valence-corrected chi connectivity index (χ3v) is 2.82. The lowest BCUT2D eigenvalue weighted by Crippen LogP contribution is -2.50. The highest BCUT2D eigenvalue weighted by Crippen LogP contribution is 2.16. The van der Waals surface area contributed by atoms with Crippen LogP contribution in [-0.4, -0.2) is 42.8 Å². The normalized spacial score (nSPS) is 22.2. The molecule has 1 heterocycles. The number of nitrogens with one attached hydrogen (secondary N) is 1. The molecule has 1 aliphatic rings. The van der Waals surface area contributed by atoms with E-state index in [1.54, 1.807) is 11.9 Å². The highest BCUT2D eigenvalue weighted by molar-refractivity contribution is 5.67. The van der Waals surface area contributed by atoms with Crippen LogP contribution in [0.5, 0.6) is 0 Å².